The van der Waals surface area contributed by atoms with Crippen molar-refractivity contribution >= 4 is 15.6 Å². The summed E-state index contributed by atoms with van der Waals surface area (Å²) in [7, 11) is -3.29. The van der Waals surface area contributed by atoms with Crippen LogP contribution in [0.3, 0.4) is 0 Å². The molecule has 1 aliphatic carbocycles. The van der Waals surface area contributed by atoms with Crippen molar-refractivity contribution < 1.29 is 13.2 Å². The van der Waals surface area contributed by atoms with Crippen molar-refractivity contribution in [1.29, 1.82) is 0 Å². The molecule has 0 amide bonds. The fraction of sp³-hybridized carbons (Fsp3) is 0.611. The van der Waals surface area contributed by atoms with Crippen molar-refractivity contribution in [3.8, 4) is 0 Å². The second-order valence-corrected chi connectivity index (χ2v) is 8.37. The van der Waals surface area contributed by atoms with Crippen LogP contribution in [0.25, 0.3) is 0 Å². The van der Waals surface area contributed by atoms with E-state index in [1.54, 1.807) is 24.3 Å². The van der Waals surface area contributed by atoms with Gasteiger partial charge in [-0.25, -0.2) is 8.42 Å². The molecule has 4 heteroatoms. The van der Waals surface area contributed by atoms with E-state index < -0.39 is 9.84 Å². The molecule has 0 aliphatic heterocycles. The molecule has 0 atom stereocenters. The standard InChI is InChI=1S/C18H26O3S/c1-2-3-12-18(19)16-10-7-11-17(13-16)22(20,21)14-15-8-5-4-6-9-15/h7,10-11,13,15H,2-6,8-9,12,14H2,1H3. The molecule has 0 N–H and O–H groups in total. The summed E-state index contributed by atoms with van der Waals surface area (Å²) < 4.78 is 25.2. The van der Waals surface area contributed by atoms with Gasteiger partial charge in [0.2, 0.25) is 0 Å². The van der Waals surface area contributed by atoms with E-state index in [0.717, 1.165) is 38.5 Å². The minimum absolute atomic E-state index is 0.0385. The predicted molar refractivity (Wildman–Crippen MR) is 88.9 cm³/mol. The highest BCUT2D eigenvalue weighted by Crippen LogP contribution is 2.27. The maximum atomic E-state index is 12.6. The zero-order valence-corrected chi connectivity index (χ0v) is 14.2. The van der Waals surface area contributed by atoms with Crippen molar-refractivity contribution in [2.45, 2.75) is 63.2 Å². The Morgan fingerprint density at radius 3 is 2.59 bits per heavy atom. The average Bonchev–Trinajstić information content (AvgIpc) is 2.53. The lowest BCUT2D eigenvalue weighted by Gasteiger charge is -2.21. The van der Waals surface area contributed by atoms with Gasteiger partial charge in [-0.3, -0.25) is 4.79 Å². The molecule has 3 nitrogen and oxygen atoms in total. The largest absolute Gasteiger partial charge is 0.294 e. The summed E-state index contributed by atoms with van der Waals surface area (Å²) in [5.74, 6) is 0.536. The zero-order valence-electron chi connectivity index (χ0n) is 13.4. The first-order chi connectivity index (χ1) is 10.5. The first kappa shape index (κ1) is 17.2. The molecule has 2 rings (SSSR count). The zero-order chi connectivity index (χ0) is 16.0. The third-order valence-corrected chi connectivity index (χ3v) is 6.33. The highest BCUT2D eigenvalue weighted by Gasteiger charge is 2.23. The number of carbonyl (C=O) groups excluding carboxylic acids is 1. The van der Waals surface area contributed by atoms with E-state index in [1.807, 2.05) is 6.92 Å². The number of ketones is 1. The van der Waals surface area contributed by atoms with Gasteiger partial charge >= 0.3 is 0 Å². The van der Waals surface area contributed by atoms with Crippen molar-refractivity contribution in [2.75, 3.05) is 5.75 Å². The quantitative estimate of drug-likeness (QED) is 0.699. The molecule has 0 bridgehead atoms. The molecule has 1 aromatic carbocycles. The summed E-state index contributed by atoms with van der Waals surface area (Å²) in [4.78, 5) is 12.4. The maximum absolute atomic E-state index is 12.6. The molecule has 1 fully saturated rings. The Kier molecular flexibility index (Phi) is 6.18. The number of carbonyl (C=O) groups is 1. The highest BCUT2D eigenvalue weighted by atomic mass is 32.2. The predicted octanol–water partition coefficient (Wildman–Crippen LogP) is 4.41. The van der Waals surface area contributed by atoms with Crippen LogP contribution in [0, 0.1) is 5.92 Å². The van der Waals surface area contributed by atoms with E-state index in [9.17, 15) is 13.2 Å². The lowest BCUT2D eigenvalue weighted by atomic mass is 9.91. The summed E-state index contributed by atoms with van der Waals surface area (Å²) in [5.41, 5.74) is 0.526. The third kappa shape index (κ3) is 4.67. The van der Waals surface area contributed by atoms with Gasteiger partial charge in [-0.15, -0.1) is 0 Å². The van der Waals surface area contributed by atoms with Gasteiger partial charge in [0.25, 0.3) is 0 Å². The minimum atomic E-state index is -3.29. The molecular formula is C18H26O3S. The van der Waals surface area contributed by atoms with E-state index in [4.69, 9.17) is 0 Å². The molecule has 1 aliphatic rings. The number of rotatable bonds is 7. The van der Waals surface area contributed by atoms with Gasteiger partial charge in [-0.05, 0) is 37.3 Å². The summed E-state index contributed by atoms with van der Waals surface area (Å²) >= 11 is 0. The molecule has 1 saturated carbocycles. The van der Waals surface area contributed by atoms with Crippen molar-refractivity contribution in [1.82, 2.24) is 0 Å². The molecule has 0 spiro atoms. The Bertz CT molecular complexity index is 599. The molecule has 0 saturated heterocycles. The van der Waals surface area contributed by atoms with Crippen molar-refractivity contribution in [2.24, 2.45) is 5.92 Å². The molecule has 0 unspecified atom stereocenters. The molecule has 0 heterocycles. The molecule has 122 valence electrons. The van der Waals surface area contributed by atoms with Crippen LogP contribution >= 0.6 is 0 Å². The molecule has 0 aromatic heterocycles. The van der Waals surface area contributed by atoms with Gasteiger partial charge in [0.1, 0.15) is 0 Å². The molecular weight excluding hydrogens is 296 g/mol. The van der Waals surface area contributed by atoms with Crippen LogP contribution in [0.1, 0.15) is 68.6 Å². The Hall–Kier alpha value is -1.16. The fourth-order valence-electron chi connectivity index (χ4n) is 3.10. The highest BCUT2D eigenvalue weighted by molar-refractivity contribution is 7.91. The van der Waals surface area contributed by atoms with Gasteiger partial charge < -0.3 is 0 Å². The Labute approximate surface area is 134 Å². The molecule has 1 aromatic rings. The number of sulfone groups is 1. The van der Waals surface area contributed by atoms with E-state index in [-0.39, 0.29) is 17.5 Å². The SMILES string of the molecule is CCCCC(=O)c1cccc(S(=O)(=O)CC2CCCCC2)c1. The molecule has 0 radical (unpaired) electrons. The monoisotopic (exact) mass is 322 g/mol. The summed E-state index contributed by atoms with van der Waals surface area (Å²) in [6.45, 7) is 2.04. The van der Waals surface area contributed by atoms with Gasteiger partial charge in [-0.1, -0.05) is 44.7 Å². The topological polar surface area (TPSA) is 51.2 Å². The van der Waals surface area contributed by atoms with Crippen LogP contribution in [0.5, 0.6) is 0 Å². The summed E-state index contributed by atoms with van der Waals surface area (Å²) in [5, 5.41) is 0. The number of benzene rings is 1. The number of hydrogen-bond donors (Lipinski definition) is 0. The van der Waals surface area contributed by atoms with Crippen LogP contribution in [0.2, 0.25) is 0 Å². The lowest BCUT2D eigenvalue weighted by molar-refractivity contribution is 0.0979. The summed E-state index contributed by atoms with van der Waals surface area (Å²) in [6.07, 6.45) is 7.80. The first-order valence-corrected chi connectivity index (χ1v) is 10.0. The lowest BCUT2D eigenvalue weighted by Crippen LogP contribution is -2.19. The van der Waals surface area contributed by atoms with E-state index in [1.165, 1.54) is 6.42 Å². The Morgan fingerprint density at radius 2 is 1.91 bits per heavy atom. The van der Waals surface area contributed by atoms with Gasteiger partial charge in [0.05, 0.1) is 10.6 Å². The fourth-order valence-corrected chi connectivity index (χ4v) is 4.84. The van der Waals surface area contributed by atoms with Crippen LogP contribution in [0.15, 0.2) is 29.2 Å². The number of hydrogen-bond acceptors (Lipinski definition) is 3. The normalized spacial score (nSPS) is 16.6. The second kappa shape index (κ2) is 7.91. The van der Waals surface area contributed by atoms with Crippen molar-refractivity contribution in [3.63, 3.8) is 0 Å². The number of Topliss-reactive ketones (excluding diaryl/α,β-unsaturated/α-hetero) is 1. The summed E-state index contributed by atoms with van der Waals surface area (Å²) in [6, 6.07) is 6.59. The number of unbranched alkanes of at least 4 members (excludes halogenated alkanes) is 1. The van der Waals surface area contributed by atoms with Gasteiger partial charge in [-0.2, -0.15) is 0 Å². The van der Waals surface area contributed by atoms with Crippen LogP contribution in [-0.4, -0.2) is 20.0 Å². The van der Waals surface area contributed by atoms with Gasteiger partial charge in [0, 0.05) is 12.0 Å². The van der Waals surface area contributed by atoms with Crippen LogP contribution in [0.4, 0.5) is 0 Å². The van der Waals surface area contributed by atoms with E-state index in [0.29, 0.717) is 16.9 Å². The van der Waals surface area contributed by atoms with E-state index >= 15 is 0 Å². The van der Waals surface area contributed by atoms with Crippen LogP contribution in [-0.2, 0) is 9.84 Å². The smallest absolute Gasteiger partial charge is 0.178 e. The van der Waals surface area contributed by atoms with Crippen molar-refractivity contribution in [3.05, 3.63) is 29.8 Å². The van der Waals surface area contributed by atoms with Gasteiger partial charge in [0.15, 0.2) is 15.6 Å². The minimum Gasteiger partial charge on any atom is -0.294 e. The van der Waals surface area contributed by atoms with E-state index in [2.05, 4.69) is 0 Å². The average molecular weight is 322 g/mol. The molecule has 22 heavy (non-hydrogen) atoms. The van der Waals surface area contributed by atoms with Crippen LogP contribution < -0.4 is 0 Å². The Balaban J connectivity index is 2.11. The Morgan fingerprint density at radius 1 is 1.18 bits per heavy atom. The second-order valence-electron chi connectivity index (χ2n) is 6.34. The maximum Gasteiger partial charge on any atom is 0.178 e. The third-order valence-electron chi connectivity index (χ3n) is 4.45. The first-order valence-electron chi connectivity index (χ1n) is 8.39.